The van der Waals surface area contributed by atoms with Gasteiger partial charge in [-0.25, -0.2) is 4.39 Å². The van der Waals surface area contributed by atoms with Crippen LogP contribution in [0.15, 0.2) is 42.5 Å². The molecule has 0 heterocycles. The van der Waals surface area contributed by atoms with Crippen LogP contribution in [0.3, 0.4) is 0 Å². The third-order valence-corrected chi connectivity index (χ3v) is 3.20. The summed E-state index contributed by atoms with van der Waals surface area (Å²) < 4.78 is 52.5. The molecule has 120 valence electrons. The second-order valence-corrected chi connectivity index (χ2v) is 4.79. The second kappa shape index (κ2) is 6.67. The zero-order chi connectivity index (χ0) is 17.0. The van der Waals surface area contributed by atoms with Crippen LogP contribution >= 0.6 is 0 Å². The van der Waals surface area contributed by atoms with Crippen LogP contribution in [0.4, 0.5) is 23.2 Å². The Morgan fingerprint density at radius 3 is 2.48 bits per heavy atom. The van der Waals surface area contributed by atoms with Crippen molar-refractivity contribution < 1.29 is 22.7 Å². The number of aliphatic hydroxyl groups excluding tert-OH is 1. The topological polar surface area (TPSA) is 56.0 Å². The molecule has 0 radical (unpaired) electrons. The molecule has 0 fully saturated rings. The van der Waals surface area contributed by atoms with Crippen molar-refractivity contribution in [3.8, 4) is 6.07 Å². The van der Waals surface area contributed by atoms with Gasteiger partial charge in [-0.15, -0.1) is 0 Å². The summed E-state index contributed by atoms with van der Waals surface area (Å²) in [4.78, 5) is 0. The average Bonchev–Trinajstić information content (AvgIpc) is 2.52. The van der Waals surface area contributed by atoms with Crippen molar-refractivity contribution in [1.82, 2.24) is 0 Å². The van der Waals surface area contributed by atoms with Gasteiger partial charge in [-0.05, 0) is 24.3 Å². The number of hydrogen-bond donors (Lipinski definition) is 2. The maximum Gasteiger partial charge on any atom is 0.418 e. The summed E-state index contributed by atoms with van der Waals surface area (Å²) in [5, 5.41) is 21.1. The number of anilines is 1. The van der Waals surface area contributed by atoms with Crippen molar-refractivity contribution in [2.75, 3.05) is 11.9 Å². The Hall–Kier alpha value is -2.59. The Bertz CT molecular complexity index is 738. The lowest BCUT2D eigenvalue weighted by Crippen LogP contribution is -2.17. The van der Waals surface area contributed by atoms with E-state index in [2.05, 4.69) is 5.32 Å². The highest BCUT2D eigenvalue weighted by Gasteiger charge is 2.34. The summed E-state index contributed by atoms with van der Waals surface area (Å²) in [5.74, 6) is -0.641. The van der Waals surface area contributed by atoms with Crippen molar-refractivity contribution in [3.63, 3.8) is 0 Å². The van der Waals surface area contributed by atoms with E-state index in [1.54, 1.807) is 6.07 Å². The van der Waals surface area contributed by atoms with E-state index in [1.807, 2.05) is 0 Å². The van der Waals surface area contributed by atoms with Gasteiger partial charge in [0, 0.05) is 17.8 Å². The average molecular weight is 324 g/mol. The number of halogens is 4. The Kier molecular flexibility index (Phi) is 4.86. The van der Waals surface area contributed by atoms with Crippen LogP contribution in [0.25, 0.3) is 0 Å². The molecular weight excluding hydrogens is 312 g/mol. The molecule has 7 heteroatoms. The first kappa shape index (κ1) is 16.8. The molecule has 0 aliphatic rings. The Morgan fingerprint density at radius 2 is 1.87 bits per heavy atom. The summed E-state index contributed by atoms with van der Waals surface area (Å²) in [6.07, 6.45) is -5.97. The summed E-state index contributed by atoms with van der Waals surface area (Å²) in [6.45, 7) is -0.310. The SMILES string of the molecule is N#Cc1ccc(NCC(O)c2ccccc2F)c(C(F)(F)F)c1. The fourth-order valence-corrected chi connectivity index (χ4v) is 2.06. The maximum atomic E-state index is 13.5. The smallest absolute Gasteiger partial charge is 0.386 e. The summed E-state index contributed by atoms with van der Waals surface area (Å²) >= 11 is 0. The number of alkyl halides is 3. The van der Waals surface area contributed by atoms with Crippen LogP contribution in [0, 0.1) is 17.1 Å². The van der Waals surface area contributed by atoms with E-state index in [1.165, 1.54) is 24.3 Å². The van der Waals surface area contributed by atoms with Gasteiger partial charge in [0.15, 0.2) is 0 Å². The van der Waals surface area contributed by atoms with Crippen LogP contribution in [-0.4, -0.2) is 11.7 Å². The molecule has 23 heavy (non-hydrogen) atoms. The summed E-state index contributed by atoms with van der Waals surface area (Å²) in [7, 11) is 0. The molecule has 0 amide bonds. The van der Waals surface area contributed by atoms with Crippen molar-refractivity contribution >= 4 is 5.69 Å². The molecule has 0 saturated heterocycles. The predicted octanol–water partition coefficient (Wildman–Crippen LogP) is 3.86. The van der Waals surface area contributed by atoms with E-state index in [4.69, 9.17) is 5.26 Å². The Labute approximate surface area is 129 Å². The van der Waals surface area contributed by atoms with Crippen LogP contribution in [-0.2, 0) is 6.18 Å². The van der Waals surface area contributed by atoms with Gasteiger partial charge >= 0.3 is 6.18 Å². The van der Waals surface area contributed by atoms with Gasteiger partial charge in [0.25, 0.3) is 0 Å². The Balaban J connectivity index is 2.21. The van der Waals surface area contributed by atoms with Crippen LogP contribution in [0.1, 0.15) is 22.8 Å². The zero-order valence-electron chi connectivity index (χ0n) is 11.7. The fourth-order valence-electron chi connectivity index (χ4n) is 2.06. The maximum absolute atomic E-state index is 13.5. The molecule has 0 aliphatic carbocycles. The second-order valence-electron chi connectivity index (χ2n) is 4.79. The largest absolute Gasteiger partial charge is 0.418 e. The highest BCUT2D eigenvalue weighted by Crippen LogP contribution is 2.35. The molecule has 0 bridgehead atoms. The first-order valence-corrected chi connectivity index (χ1v) is 6.60. The minimum Gasteiger partial charge on any atom is -0.386 e. The number of rotatable bonds is 4. The first-order chi connectivity index (χ1) is 10.8. The number of aliphatic hydroxyl groups is 1. The normalized spacial score (nSPS) is 12.5. The molecule has 2 N–H and O–H groups in total. The van der Waals surface area contributed by atoms with Gasteiger partial charge in [-0.3, -0.25) is 0 Å². The molecule has 0 saturated carbocycles. The van der Waals surface area contributed by atoms with Crippen molar-refractivity contribution in [2.24, 2.45) is 0 Å². The summed E-state index contributed by atoms with van der Waals surface area (Å²) in [6, 6.07) is 10.2. The number of benzene rings is 2. The van der Waals surface area contributed by atoms with Gasteiger partial charge in [0.2, 0.25) is 0 Å². The minimum absolute atomic E-state index is 0.0118. The summed E-state index contributed by atoms with van der Waals surface area (Å²) in [5.41, 5.74) is -1.44. The van der Waals surface area contributed by atoms with Crippen molar-refractivity contribution in [1.29, 1.82) is 5.26 Å². The van der Waals surface area contributed by atoms with Gasteiger partial charge < -0.3 is 10.4 Å². The molecular formula is C16H12F4N2O. The zero-order valence-corrected chi connectivity index (χ0v) is 11.7. The first-order valence-electron chi connectivity index (χ1n) is 6.60. The lowest BCUT2D eigenvalue weighted by molar-refractivity contribution is -0.137. The fraction of sp³-hybridized carbons (Fsp3) is 0.188. The monoisotopic (exact) mass is 324 g/mol. The molecule has 1 atom stereocenters. The third kappa shape index (κ3) is 3.99. The van der Waals surface area contributed by atoms with Crippen molar-refractivity contribution in [2.45, 2.75) is 12.3 Å². The van der Waals surface area contributed by atoms with Crippen LogP contribution in [0.5, 0.6) is 0 Å². The number of nitrogens with zero attached hydrogens (tertiary/aromatic N) is 1. The van der Waals surface area contributed by atoms with Gasteiger partial charge in [-0.1, -0.05) is 18.2 Å². The van der Waals surface area contributed by atoms with E-state index in [0.717, 1.165) is 18.2 Å². The molecule has 2 aromatic carbocycles. The molecule has 0 spiro atoms. The number of hydrogen-bond acceptors (Lipinski definition) is 3. The molecule has 3 nitrogen and oxygen atoms in total. The highest BCUT2D eigenvalue weighted by molar-refractivity contribution is 5.56. The standard InChI is InChI=1S/C16H12F4N2O/c17-13-4-2-1-3-11(13)15(23)9-22-14-6-5-10(8-21)7-12(14)16(18,19)20/h1-7,15,22-23H,9H2. The molecule has 1 unspecified atom stereocenters. The van der Waals surface area contributed by atoms with E-state index in [-0.39, 0.29) is 23.4 Å². The molecule has 0 aliphatic heterocycles. The van der Waals surface area contributed by atoms with E-state index < -0.39 is 23.7 Å². The minimum atomic E-state index is -4.65. The van der Waals surface area contributed by atoms with Gasteiger partial charge in [-0.2, -0.15) is 18.4 Å². The predicted molar refractivity (Wildman–Crippen MR) is 76.0 cm³/mol. The van der Waals surface area contributed by atoms with E-state index >= 15 is 0 Å². The van der Waals surface area contributed by atoms with Gasteiger partial charge in [0.1, 0.15) is 5.82 Å². The molecule has 2 rings (SSSR count). The van der Waals surface area contributed by atoms with Gasteiger partial charge in [0.05, 0.1) is 23.3 Å². The van der Waals surface area contributed by atoms with E-state index in [9.17, 15) is 22.7 Å². The van der Waals surface area contributed by atoms with Crippen LogP contribution < -0.4 is 5.32 Å². The lowest BCUT2D eigenvalue weighted by atomic mass is 10.1. The van der Waals surface area contributed by atoms with Crippen LogP contribution in [0.2, 0.25) is 0 Å². The Morgan fingerprint density at radius 1 is 1.17 bits per heavy atom. The molecule has 2 aromatic rings. The number of nitrogens with one attached hydrogen (secondary N) is 1. The molecule has 0 aromatic heterocycles. The quantitative estimate of drug-likeness (QED) is 0.840. The van der Waals surface area contributed by atoms with E-state index in [0.29, 0.717) is 0 Å². The lowest BCUT2D eigenvalue weighted by Gasteiger charge is -2.17. The number of nitriles is 1. The third-order valence-electron chi connectivity index (χ3n) is 3.20. The highest BCUT2D eigenvalue weighted by atomic mass is 19.4. The van der Waals surface area contributed by atoms with Crippen molar-refractivity contribution in [3.05, 3.63) is 65.0 Å².